The summed E-state index contributed by atoms with van der Waals surface area (Å²) >= 11 is 12.0. The Balaban J connectivity index is 2.36. The van der Waals surface area contributed by atoms with E-state index in [2.05, 4.69) is 0 Å². The summed E-state index contributed by atoms with van der Waals surface area (Å²) in [5.41, 5.74) is 6.88. The maximum Gasteiger partial charge on any atom is 0.194 e. The molecule has 20 heavy (non-hydrogen) atoms. The number of carbonyl (C=O) groups is 1. The lowest BCUT2D eigenvalue weighted by Crippen LogP contribution is -2.04. The van der Waals surface area contributed by atoms with Gasteiger partial charge >= 0.3 is 0 Å². The van der Waals surface area contributed by atoms with E-state index in [9.17, 15) is 4.79 Å². The van der Waals surface area contributed by atoms with Crippen molar-refractivity contribution in [3.05, 3.63) is 57.6 Å². The predicted octanol–water partition coefficient (Wildman–Crippen LogP) is 4.21. The van der Waals surface area contributed by atoms with Crippen LogP contribution in [0.1, 0.15) is 22.8 Å². The molecule has 3 nitrogen and oxygen atoms in total. The second-order valence-electron chi connectivity index (χ2n) is 4.15. The normalized spacial score (nSPS) is 10.3. The molecular weight excluding hydrogens is 297 g/mol. The standard InChI is InChI=1S/C15H13Cl2NO2/c1-2-20-11-5-3-9(4-6-11)15(19)12-7-10(18)8-13(16)14(12)17/h3-8H,2,18H2,1H3. The number of anilines is 1. The second-order valence-corrected chi connectivity index (χ2v) is 4.94. The molecule has 104 valence electrons. The molecular formula is C15H13Cl2NO2. The summed E-state index contributed by atoms with van der Waals surface area (Å²) in [6.07, 6.45) is 0. The Kier molecular flexibility index (Phi) is 4.53. The average Bonchev–Trinajstić information content (AvgIpc) is 2.43. The van der Waals surface area contributed by atoms with Gasteiger partial charge in [-0.15, -0.1) is 0 Å². The highest BCUT2D eigenvalue weighted by atomic mass is 35.5. The number of ether oxygens (including phenoxy) is 1. The molecule has 0 atom stereocenters. The van der Waals surface area contributed by atoms with Crippen LogP contribution < -0.4 is 10.5 Å². The minimum atomic E-state index is -0.229. The van der Waals surface area contributed by atoms with E-state index < -0.39 is 0 Å². The number of hydrogen-bond donors (Lipinski definition) is 1. The first-order valence-corrected chi connectivity index (χ1v) is 6.80. The first-order chi connectivity index (χ1) is 9.52. The van der Waals surface area contributed by atoms with Crippen LogP contribution in [-0.4, -0.2) is 12.4 Å². The lowest BCUT2D eigenvalue weighted by Gasteiger charge is -2.08. The zero-order valence-electron chi connectivity index (χ0n) is 10.8. The van der Waals surface area contributed by atoms with Crippen molar-refractivity contribution in [2.45, 2.75) is 6.92 Å². The van der Waals surface area contributed by atoms with E-state index in [-0.39, 0.29) is 15.8 Å². The summed E-state index contributed by atoms with van der Waals surface area (Å²) in [7, 11) is 0. The molecule has 0 aliphatic heterocycles. The molecule has 0 spiro atoms. The van der Waals surface area contributed by atoms with E-state index in [0.717, 1.165) is 0 Å². The fourth-order valence-corrected chi connectivity index (χ4v) is 2.22. The van der Waals surface area contributed by atoms with E-state index in [4.69, 9.17) is 33.7 Å². The Morgan fingerprint density at radius 3 is 2.45 bits per heavy atom. The molecule has 0 fully saturated rings. The Morgan fingerprint density at radius 2 is 1.85 bits per heavy atom. The third-order valence-electron chi connectivity index (χ3n) is 2.72. The predicted molar refractivity (Wildman–Crippen MR) is 81.9 cm³/mol. The molecule has 0 saturated heterocycles. The van der Waals surface area contributed by atoms with Gasteiger partial charge in [0.05, 0.1) is 16.7 Å². The first kappa shape index (κ1) is 14.7. The molecule has 0 aromatic heterocycles. The highest BCUT2D eigenvalue weighted by Crippen LogP contribution is 2.30. The molecule has 2 N–H and O–H groups in total. The Hall–Kier alpha value is -1.71. The second kappa shape index (κ2) is 6.16. The molecule has 0 unspecified atom stereocenters. The van der Waals surface area contributed by atoms with Gasteiger partial charge in [-0.1, -0.05) is 23.2 Å². The number of nitrogens with two attached hydrogens (primary N) is 1. The number of nitrogen functional groups attached to an aromatic ring is 1. The fraction of sp³-hybridized carbons (Fsp3) is 0.133. The van der Waals surface area contributed by atoms with E-state index in [0.29, 0.717) is 29.2 Å². The van der Waals surface area contributed by atoms with Gasteiger partial charge in [0.2, 0.25) is 0 Å². The quantitative estimate of drug-likeness (QED) is 0.680. The molecule has 2 rings (SSSR count). The molecule has 2 aromatic rings. The van der Waals surface area contributed by atoms with Crippen molar-refractivity contribution in [2.75, 3.05) is 12.3 Å². The monoisotopic (exact) mass is 309 g/mol. The molecule has 0 amide bonds. The molecule has 0 bridgehead atoms. The maximum atomic E-state index is 12.4. The van der Waals surface area contributed by atoms with Crippen LogP contribution in [0.4, 0.5) is 5.69 Å². The van der Waals surface area contributed by atoms with Crippen molar-refractivity contribution in [3.63, 3.8) is 0 Å². The maximum absolute atomic E-state index is 12.4. The van der Waals surface area contributed by atoms with Gasteiger partial charge in [-0.25, -0.2) is 0 Å². The van der Waals surface area contributed by atoms with Gasteiger partial charge in [0, 0.05) is 16.8 Å². The van der Waals surface area contributed by atoms with Crippen LogP contribution in [0.25, 0.3) is 0 Å². The van der Waals surface area contributed by atoms with Gasteiger partial charge in [0.25, 0.3) is 0 Å². The summed E-state index contributed by atoms with van der Waals surface area (Å²) in [5, 5.41) is 0.473. The summed E-state index contributed by atoms with van der Waals surface area (Å²) in [6, 6.07) is 9.87. The van der Waals surface area contributed by atoms with E-state index in [1.807, 2.05) is 6.92 Å². The van der Waals surface area contributed by atoms with Crippen molar-refractivity contribution in [2.24, 2.45) is 0 Å². The van der Waals surface area contributed by atoms with Crippen LogP contribution in [-0.2, 0) is 0 Å². The van der Waals surface area contributed by atoms with Gasteiger partial charge in [-0.3, -0.25) is 4.79 Å². The molecule has 0 aliphatic rings. The number of halogens is 2. The third kappa shape index (κ3) is 3.06. The van der Waals surface area contributed by atoms with Crippen molar-refractivity contribution in [3.8, 4) is 5.75 Å². The number of rotatable bonds is 4. The average molecular weight is 310 g/mol. The number of ketones is 1. The minimum absolute atomic E-state index is 0.208. The van der Waals surface area contributed by atoms with Crippen LogP contribution in [0.2, 0.25) is 10.0 Å². The van der Waals surface area contributed by atoms with Crippen LogP contribution in [0.15, 0.2) is 36.4 Å². The third-order valence-corrected chi connectivity index (χ3v) is 3.52. The van der Waals surface area contributed by atoms with Crippen molar-refractivity contribution in [1.82, 2.24) is 0 Å². The Morgan fingerprint density at radius 1 is 1.20 bits per heavy atom. The number of hydrogen-bond acceptors (Lipinski definition) is 3. The highest BCUT2D eigenvalue weighted by Gasteiger charge is 2.16. The highest BCUT2D eigenvalue weighted by molar-refractivity contribution is 6.44. The molecule has 0 saturated carbocycles. The summed E-state index contributed by atoms with van der Waals surface area (Å²) in [5.74, 6) is 0.480. The first-order valence-electron chi connectivity index (χ1n) is 6.05. The number of carbonyl (C=O) groups excluding carboxylic acids is 1. The van der Waals surface area contributed by atoms with Crippen LogP contribution >= 0.6 is 23.2 Å². The van der Waals surface area contributed by atoms with E-state index >= 15 is 0 Å². The van der Waals surface area contributed by atoms with Crippen LogP contribution in [0, 0.1) is 0 Å². The fourth-order valence-electron chi connectivity index (χ4n) is 1.80. The van der Waals surface area contributed by atoms with Gasteiger partial charge in [0.1, 0.15) is 5.75 Å². The minimum Gasteiger partial charge on any atom is -0.494 e. The van der Waals surface area contributed by atoms with E-state index in [1.54, 1.807) is 24.3 Å². The van der Waals surface area contributed by atoms with E-state index in [1.165, 1.54) is 12.1 Å². The lowest BCUT2D eigenvalue weighted by molar-refractivity contribution is 0.103. The zero-order chi connectivity index (χ0) is 14.7. The van der Waals surface area contributed by atoms with Gasteiger partial charge in [0.15, 0.2) is 5.78 Å². The van der Waals surface area contributed by atoms with Crippen molar-refractivity contribution in [1.29, 1.82) is 0 Å². The molecule has 2 aromatic carbocycles. The van der Waals surface area contributed by atoms with Gasteiger partial charge in [-0.05, 0) is 43.3 Å². The van der Waals surface area contributed by atoms with Crippen LogP contribution in [0.3, 0.4) is 0 Å². The summed E-state index contributed by atoms with van der Waals surface area (Å²) in [6.45, 7) is 2.47. The number of benzene rings is 2. The van der Waals surface area contributed by atoms with Gasteiger partial charge < -0.3 is 10.5 Å². The molecule has 0 radical (unpaired) electrons. The lowest BCUT2D eigenvalue weighted by atomic mass is 10.0. The Bertz CT molecular complexity index is 639. The largest absolute Gasteiger partial charge is 0.494 e. The Labute approximate surface area is 127 Å². The summed E-state index contributed by atoms with van der Waals surface area (Å²) in [4.78, 5) is 12.4. The zero-order valence-corrected chi connectivity index (χ0v) is 12.3. The summed E-state index contributed by atoms with van der Waals surface area (Å²) < 4.78 is 5.33. The smallest absolute Gasteiger partial charge is 0.194 e. The van der Waals surface area contributed by atoms with Crippen molar-refractivity contribution < 1.29 is 9.53 Å². The topological polar surface area (TPSA) is 52.3 Å². The van der Waals surface area contributed by atoms with Crippen molar-refractivity contribution >= 4 is 34.7 Å². The molecule has 0 heterocycles. The SMILES string of the molecule is CCOc1ccc(C(=O)c2cc(N)cc(Cl)c2Cl)cc1. The van der Waals surface area contributed by atoms with Crippen LogP contribution in [0.5, 0.6) is 5.75 Å². The van der Waals surface area contributed by atoms with Gasteiger partial charge in [-0.2, -0.15) is 0 Å². The molecule has 5 heteroatoms. The molecule has 0 aliphatic carbocycles.